The number of benzene rings is 2. The Morgan fingerprint density at radius 1 is 1.00 bits per heavy atom. The van der Waals surface area contributed by atoms with Crippen LogP contribution in [0.25, 0.3) is 0 Å². The molecule has 3 N–H and O–H groups in total. The van der Waals surface area contributed by atoms with Crippen molar-refractivity contribution in [3.8, 4) is 0 Å². The van der Waals surface area contributed by atoms with Crippen molar-refractivity contribution in [3.05, 3.63) is 52.8 Å². The Bertz CT molecular complexity index is 579. The Morgan fingerprint density at radius 3 is 2.17 bits per heavy atom. The molecule has 2 aromatic rings. The van der Waals surface area contributed by atoms with Crippen molar-refractivity contribution in [1.29, 1.82) is 0 Å². The zero-order chi connectivity index (χ0) is 13.3. The molecule has 6 heteroatoms. The molecule has 0 aromatic heterocycles. The molecule has 0 radical (unpaired) electrons. The van der Waals surface area contributed by atoms with Crippen molar-refractivity contribution < 1.29 is 13.2 Å². The number of nitrogens with one attached hydrogen (secondary N) is 1. The van der Waals surface area contributed by atoms with Gasteiger partial charge in [0.1, 0.15) is 11.5 Å². The first-order valence-corrected chi connectivity index (χ1v) is 5.32. The fourth-order valence-electron chi connectivity index (χ4n) is 1.44. The largest absolute Gasteiger partial charge is 0.399 e. The highest BCUT2D eigenvalue weighted by Crippen LogP contribution is 2.30. The molecule has 18 heavy (non-hydrogen) atoms. The van der Waals surface area contributed by atoms with Gasteiger partial charge in [0.25, 0.3) is 0 Å². The molecular weight excluding hydrogens is 265 g/mol. The monoisotopic (exact) mass is 272 g/mol. The van der Waals surface area contributed by atoms with Crippen molar-refractivity contribution in [1.82, 2.24) is 0 Å². The number of rotatable bonds is 2. The van der Waals surface area contributed by atoms with Crippen LogP contribution in [0.2, 0.25) is 5.02 Å². The summed E-state index contributed by atoms with van der Waals surface area (Å²) in [5, 5.41) is 2.48. The van der Waals surface area contributed by atoms with Crippen LogP contribution in [0.3, 0.4) is 0 Å². The predicted octanol–water partition coefficient (Wildman–Crippen LogP) is 4.08. The van der Waals surface area contributed by atoms with Gasteiger partial charge in [0.2, 0.25) is 0 Å². The molecule has 2 aromatic carbocycles. The molecule has 0 spiro atoms. The van der Waals surface area contributed by atoms with Crippen LogP contribution in [-0.2, 0) is 0 Å². The van der Waals surface area contributed by atoms with E-state index in [1.807, 2.05) is 0 Å². The van der Waals surface area contributed by atoms with Gasteiger partial charge in [-0.05, 0) is 30.3 Å². The van der Waals surface area contributed by atoms with Crippen LogP contribution >= 0.6 is 11.6 Å². The molecule has 0 aliphatic carbocycles. The highest BCUT2D eigenvalue weighted by molar-refractivity contribution is 6.33. The smallest absolute Gasteiger partial charge is 0.151 e. The highest BCUT2D eigenvalue weighted by Gasteiger charge is 2.12. The minimum absolute atomic E-state index is 0.0191. The third kappa shape index (κ3) is 2.51. The highest BCUT2D eigenvalue weighted by atomic mass is 35.5. The molecule has 0 bridgehead atoms. The van der Waals surface area contributed by atoms with E-state index in [1.54, 1.807) is 0 Å². The number of hydrogen-bond acceptors (Lipinski definition) is 2. The molecular formula is C12H8ClF3N2. The third-order valence-electron chi connectivity index (χ3n) is 2.26. The fourth-order valence-corrected chi connectivity index (χ4v) is 1.65. The molecule has 0 aliphatic rings. The Hall–Kier alpha value is -1.88. The van der Waals surface area contributed by atoms with E-state index in [0.717, 1.165) is 24.3 Å². The van der Waals surface area contributed by atoms with E-state index >= 15 is 0 Å². The maximum atomic E-state index is 13.5. The van der Waals surface area contributed by atoms with Crippen molar-refractivity contribution >= 4 is 28.7 Å². The Labute approximate surface area is 106 Å². The lowest BCUT2D eigenvalue weighted by molar-refractivity contribution is 0.592. The van der Waals surface area contributed by atoms with E-state index in [4.69, 9.17) is 17.3 Å². The molecule has 0 heterocycles. The van der Waals surface area contributed by atoms with Crippen molar-refractivity contribution in [3.63, 3.8) is 0 Å². The van der Waals surface area contributed by atoms with Gasteiger partial charge in [0, 0.05) is 5.69 Å². The standard InChI is InChI=1S/C12H8ClF3N2/c13-8-3-6(14)1-2-11(8)18-12-9(15)4-7(17)5-10(12)16/h1-5,18H,17H2. The molecule has 0 unspecified atom stereocenters. The first-order valence-electron chi connectivity index (χ1n) is 4.94. The van der Waals surface area contributed by atoms with Crippen LogP contribution in [0.1, 0.15) is 0 Å². The maximum absolute atomic E-state index is 13.5. The average molecular weight is 273 g/mol. The molecule has 0 fully saturated rings. The molecule has 0 saturated heterocycles. The van der Waals surface area contributed by atoms with Gasteiger partial charge in [-0.3, -0.25) is 0 Å². The molecule has 94 valence electrons. The summed E-state index contributed by atoms with van der Waals surface area (Å²) in [6.07, 6.45) is 0. The van der Waals surface area contributed by atoms with Gasteiger partial charge < -0.3 is 11.1 Å². The summed E-state index contributed by atoms with van der Waals surface area (Å²) in [5.74, 6) is -2.25. The maximum Gasteiger partial charge on any atom is 0.151 e. The van der Waals surface area contributed by atoms with E-state index in [1.165, 1.54) is 6.07 Å². The van der Waals surface area contributed by atoms with Gasteiger partial charge in [-0.2, -0.15) is 0 Å². The van der Waals surface area contributed by atoms with E-state index in [2.05, 4.69) is 5.32 Å². The number of nitrogens with two attached hydrogens (primary N) is 1. The molecule has 2 nitrogen and oxygen atoms in total. The van der Waals surface area contributed by atoms with Crippen LogP contribution in [0.15, 0.2) is 30.3 Å². The average Bonchev–Trinajstić information content (AvgIpc) is 2.25. The lowest BCUT2D eigenvalue weighted by Crippen LogP contribution is -2.00. The molecule has 0 aliphatic heterocycles. The lowest BCUT2D eigenvalue weighted by atomic mass is 10.2. The molecule has 0 saturated carbocycles. The Balaban J connectivity index is 2.40. The first kappa shape index (κ1) is 12.6. The summed E-state index contributed by atoms with van der Waals surface area (Å²) in [7, 11) is 0. The normalized spacial score (nSPS) is 10.4. The Morgan fingerprint density at radius 2 is 1.61 bits per heavy atom. The van der Waals surface area contributed by atoms with E-state index in [9.17, 15) is 13.2 Å². The van der Waals surface area contributed by atoms with Crippen molar-refractivity contribution in [2.24, 2.45) is 0 Å². The fraction of sp³-hybridized carbons (Fsp3) is 0. The minimum Gasteiger partial charge on any atom is -0.399 e. The zero-order valence-electron chi connectivity index (χ0n) is 8.98. The molecule has 0 amide bonds. The van der Waals surface area contributed by atoms with Crippen LogP contribution in [0.4, 0.5) is 30.2 Å². The van der Waals surface area contributed by atoms with E-state index < -0.39 is 23.1 Å². The van der Waals surface area contributed by atoms with Gasteiger partial charge in [0.05, 0.1) is 10.7 Å². The molecule has 0 atom stereocenters. The van der Waals surface area contributed by atoms with Crippen molar-refractivity contribution in [2.45, 2.75) is 0 Å². The summed E-state index contributed by atoms with van der Waals surface area (Å²) in [6.45, 7) is 0. The quantitative estimate of drug-likeness (QED) is 0.808. The van der Waals surface area contributed by atoms with Gasteiger partial charge in [-0.25, -0.2) is 13.2 Å². The summed E-state index contributed by atoms with van der Waals surface area (Å²) in [4.78, 5) is 0. The van der Waals surface area contributed by atoms with Crippen LogP contribution in [0.5, 0.6) is 0 Å². The Kier molecular flexibility index (Phi) is 3.34. The number of halogens is 4. The topological polar surface area (TPSA) is 38.0 Å². The van der Waals surface area contributed by atoms with E-state index in [-0.39, 0.29) is 16.4 Å². The zero-order valence-corrected chi connectivity index (χ0v) is 9.73. The van der Waals surface area contributed by atoms with Crippen LogP contribution in [-0.4, -0.2) is 0 Å². The third-order valence-corrected chi connectivity index (χ3v) is 2.57. The second kappa shape index (κ2) is 4.78. The number of hydrogen-bond donors (Lipinski definition) is 2. The van der Waals surface area contributed by atoms with Crippen LogP contribution < -0.4 is 11.1 Å². The predicted molar refractivity (Wildman–Crippen MR) is 65.5 cm³/mol. The van der Waals surface area contributed by atoms with E-state index in [0.29, 0.717) is 0 Å². The number of anilines is 3. The first-order chi connectivity index (χ1) is 8.47. The lowest BCUT2D eigenvalue weighted by Gasteiger charge is -2.11. The SMILES string of the molecule is Nc1cc(F)c(Nc2ccc(F)cc2Cl)c(F)c1. The summed E-state index contributed by atoms with van der Waals surface area (Å²) < 4.78 is 39.8. The van der Waals surface area contributed by atoms with Gasteiger partial charge >= 0.3 is 0 Å². The van der Waals surface area contributed by atoms with Crippen molar-refractivity contribution in [2.75, 3.05) is 11.1 Å². The summed E-state index contributed by atoms with van der Waals surface area (Å²) >= 11 is 5.74. The van der Waals surface area contributed by atoms with Gasteiger partial charge in [0.15, 0.2) is 11.6 Å². The van der Waals surface area contributed by atoms with Gasteiger partial charge in [-0.1, -0.05) is 11.6 Å². The second-order valence-electron chi connectivity index (χ2n) is 3.61. The van der Waals surface area contributed by atoms with Gasteiger partial charge in [-0.15, -0.1) is 0 Å². The van der Waals surface area contributed by atoms with Crippen LogP contribution in [0, 0.1) is 17.5 Å². The second-order valence-corrected chi connectivity index (χ2v) is 4.02. The summed E-state index contributed by atoms with van der Waals surface area (Å²) in [6, 6.07) is 5.40. The number of nitrogen functional groups attached to an aromatic ring is 1. The molecule has 2 rings (SSSR count). The summed E-state index contributed by atoms with van der Waals surface area (Å²) in [5.41, 5.74) is 5.07. The minimum atomic E-state index is -0.854.